The second kappa shape index (κ2) is 3.86. The Labute approximate surface area is 98.1 Å². The maximum absolute atomic E-state index is 4.47. The lowest BCUT2D eigenvalue weighted by Gasteiger charge is -2.03. The Hall–Kier alpha value is -2.43. The topological polar surface area (TPSA) is 55.6 Å². The van der Waals surface area contributed by atoms with E-state index in [4.69, 9.17) is 0 Å². The fraction of sp³-hybridized carbons (Fsp3) is 0.0833. The van der Waals surface area contributed by atoms with Crippen LogP contribution in [0.4, 0.5) is 11.5 Å². The van der Waals surface area contributed by atoms with Crippen LogP contribution in [0.1, 0.15) is 0 Å². The molecule has 0 radical (unpaired) electrons. The normalized spacial score (nSPS) is 10.6. The summed E-state index contributed by atoms with van der Waals surface area (Å²) in [6, 6.07) is 7.78. The molecular formula is C12H11N5. The summed E-state index contributed by atoms with van der Waals surface area (Å²) in [7, 11) is 1.87. The molecule has 2 aromatic heterocycles. The molecule has 5 nitrogen and oxygen atoms in total. The highest BCUT2D eigenvalue weighted by molar-refractivity contribution is 5.75. The number of para-hydroxylation sites is 2. The lowest BCUT2D eigenvalue weighted by Crippen LogP contribution is -1.94. The molecule has 1 N–H and O–H groups in total. The van der Waals surface area contributed by atoms with Gasteiger partial charge in [0, 0.05) is 13.2 Å². The summed E-state index contributed by atoms with van der Waals surface area (Å²) < 4.78 is 1.73. The van der Waals surface area contributed by atoms with Crippen molar-refractivity contribution in [1.82, 2.24) is 19.7 Å². The van der Waals surface area contributed by atoms with Gasteiger partial charge < -0.3 is 5.32 Å². The molecule has 0 amide bonds. The molecule has 0 saturated carbocycles. The minimum atomic E-state index is 0.719. The van der Waals surface area contributed by atoms with E-state index in [9.17, 15) is 0 Å². The Kier molecular flexibility index (Phi) is 2.22. The predicted molar refractivity (Wildman–Crippen MR) is 66.0 cm³/mol. The first-order chi connectivity index (χ1) is 8.31. The highest BCUT2D eigenvalue weighted by Gasteiger charge is 2.00. The summed E-state index contributed by atoms with van der Waals surface area (Å²) in [6.07, 6.45) is 5.35. The fourth-order valence-corrected chi connectivity index (χ4v) is 1.65. The van der Waals surface area contributed by atoms with Crippen LogP contribution in [0.25, 0.3) is 11.0 Å². The molecule has 0 aliphatic heterocycles. The number of fused-ring (bicyclic) bond motifs is 1. The molecule has 0 aliphatic rings. The molecule has 0 saturated heterocycles. The molecule has 0 fully saturated rings. The third-order valence-corrected chi connectivity index (χ3v) is 2.43. The van der Waals surface area contributed by atoms with E-state index in [1.165, 1.54) is 0 Å². The second-order valence-corrected chi connectivity index (χ2v) is 3.77. The molecule has 3 aromatic rings. The van der Waals surface area contributed by atoms with Gasteiger partial charge in [0.15, 0.2) is 0 Å². The lowest BCUT2D eigenvalue weighted by atomic mass is 10.3. The Morgan fingerprint density at radius 2 is 1.94 bits per heavy atom. The number of nitrogens with one attached hydrogen (secondary N) is 1. The Bertz CT molecular complexity index is 659. The van der Waals surface area contributed by atoms with Crippen molar-refractivity contribution < 1.29 is 0 Å². The van der Waals surface area contributed by atoms with Crippen molar-refractivity contribution in [2.24, 2.45) is 7.05 Å². The quantitative estimate of drug-likeness (QED) is 0.725. The zero-order chi connectivity index (χ0) is 11.7. The molecule has 84 valence electrons. The first kappa shape index (κ1) is 9.77. The van der Waals surface area contributed by atoms with Crippen LogP contribution in [0.3, 0.4) is 0 Å². The zero-order valence-electron chi connectivity index (χ0n) is 9.33. The second-order valence-electron chi connectivity index (χ2n) is 3.77. The monoisotopic (exact) mass is 225 g/mol. The van der Waals surface area contributed by atoms with Crippen molar-refractivity contribution in [2.75, 3.05) is 5.32 Å². The van der Waals surface area contributed by atoms with Crippen LogP contribution in [0, 0.1) is 0 Å². The van der Waals surface area contributed by atoms with Gasteiger partial charge in [-0.3, -0.25) is 9.67 Å². The Morgan fingerprint density at radius 1 is 1.12 bits per heavy atom. The van der Waals surface area contributed by atoms with Crippen LogP contribution in [-0.2, 0) is 7.05 Å². The molecule has 0 aliphatic carbocycles. The lowest BCUT2D eigenvalue weighted by molar-refractivity contribution is 0.768. The number of anilines is 2. The number of hydrogen-bond acceptors (Lipinski definition) is 4. The van der Waals surface area contributed by atoms with E-state index in [1.54, 1.807) is 17.1 Å². The maximum Gasteiger partial charge on any atom is 0.149 e. The van der Waals surface area contributed by atoms with E-state index >= 15 is 0 Å². The number of hydrogen-bond donors (Lipinski definition) is 1. The average Bonchev–Trinajstić information content (AvgIpc) is 2.75. The SMILES string of the molecule is Cn1cc(Nc2cnc3ccccc3n2)cn1. The summed E-state index contributed by atoms with van der Waals surface area (Å²) in [4.78, 5) is 8.80. The maximum atomic E-state index is 4.47. The van der Waals surface area contributed by atoms with Crippen LogP contribution in [0.2, 0.25) is 0 Å². The highest BCUT2D eigenvalue weighted by Crippen LogP contribution is 2.15. The molecule has 1 aromatic carbocycles. The van der Waals surface area contributed by atoms with Crippen LogP contribution in [0.15, 0.2) is 42.9 Å². The van der Waals surface area contributed by atoms with Crippen molar-refractivity contribution in [2.45, 2.75) is 0 Å². The van der Waals surface area contributed by atoms with Crippen LogP contribution in [-0.4, -0.2) is 19.7 Å². The van der Waals surface area contributed by atoms with Crippen LogP contribution in [0.5, 0.6) is 0 Å². The van der Waals surface area contributed by atoms with Gasteiger partial charge in [0.2, 0.25) is 0 Å². The minimum Gasteiger partial charge on any atom is -0.336 e. The van der Waals surface area contributed by atoms with E-state index in [0.717, 1.165) is 22.5 Å². The smallest absolute Gasteiger partial charge is 0.149 e. The summed E-state index contributed by atoms with van der Waals surface area (Å²) in [5.74, 6) is 0.719. The van der Waals surface area contributed by atoms with Gasteiger partial charge in [-0.15, -0.1) is 0 Å². The van der Waals surface area contributed by atoms with E-state index in [1.807, 2.05) is 37.5 Å². The molecule has 0 bridgehead atoms. The van der Waals surface area contributed by atoms with Gasteiger partial charge in [-0.2, -0.15) is 5.10 Å². The molecule has 3 rings (SSSR count). The van der Waals surface area contributed by atoms with Gasteiger partial charge in [-0.05, 0) is 12.1 Å². The average molecular weight is 225 g/mol. The third kappa shape index (κ3) is 1.94. The summed E-state index contributed by atoms with van der Waals surface area (Å²) >= 11 is 0. The Balaban J connectivity index is 1.95. The van der Waals surface area contributed by atoms with Crippen LogP contribution >= 0.6 is 0 Å². The van der Waals surface area contributed by atoms with E-state index < -0.39 is 0 Å². The molecule has 5 heteroatoms. The molecule has 0 spiro atoms. The zero-order valence-corrected chi connectivity index (χ0v) is 9.33. The van der Waals surface area contributed by atoms with Crippen molar-refractivity contribution in [1.29, 1.82) is 0 Å². The first-order valence-corrected chi connectivity index (χ1v) is 5.29. The van der Waals surface area contributed by atoms with E-state index in [-0.39, 0.29) is 0 Å². The number of benzene rings is 1. The van der Waals surface area contributed by atoms with Gasteiger partial charge in [0.05, 0.1) is 29.1 Å². The largest absolute Gasteiger partial charge is 0.336 e. The number of rotatable bonds is 2. The summed E-state index contributed by atoms with van der Waals surface area (Å²) in [5.41, 5.74) is 2.67. The third-order valence-electron chi connectivity index (χ3n) is 2.43. The number of nitrogens with zero attached hydrogens (tertiary/aromatic N) is 4. The van der Waals surface area contributed by atoms with Crippen molar-refractivity contribution >= 4 is 22.5 Å². The molecule has 17 heavy (non-hydrogen) atoms. The van der Waals surface area contributed by atoms with Gasteiger partial charge in [-0.25, -0.2) is 4.98 Å². The molecule has 2 heterocycles. The van der Waals surface area contributed by atoms with Gasteiger partial charge in [-0.1, -0.05) is 12.1 Å². The summed E-state index contributed by atoms with van der Waals surface area (Å²) in [5, 5.41) is 7.24. The molecule has 0 atom stereocenters. The highest BCUT2D eigenvalue weighted by atomic mass is 15.3. The number of aryl methyl sites for hydroxylation is 1. The van der Waals surface area contributed by atoms with Gasteiger partial charge >= 0.3 is 0 Å². The summed E-state index contributed by atoms with van der Waals surface area (Å²) in [6.45, 7) is 0. The Morgan fingerprint density at radius 3 is 2.71 bits per heavy atom. The first-order valence-electron chi connectivity index (χ1n) is 5.29. The minimum absolute atomic E-state index is 0.719. The van der Waals surface area contributed by atoms with E-state index in [0.29, 0.717) is 0 Å². The van der Waals surface area contributed by atoms with Gasteiger partial charge in [0.25, 0.3) is 0 Å². The van der Waals surface area contributed by atoms with E-state index in [2.05, 4.69) is 20.4 Å². The van der Waals surface area contributed by atoms with Crippen molar-refractivity contribution in [3.8, 4) is 0 Å². The number of aromatic nitrogens is 4. The van der Waals surface area contributed by atoms with Crippen LogP contribution < -0.4 is 5.32 Å². The predicted octanol–water partition coefficient (Wildman–Crippen LogP) is 2.11. The molecule has 0 unspecified atom stereocenters. The van der Waals surface area contributed by atoms with Crippen molar-refractivity contribution in [3.63, 3.8) is 0 Å². The fourth-order valence-electron chi connectivity index (χ4n) is 1.65. The van der Waals surface area contributed by atoms with Crippen molar-refractivity contribution in [3.05, 3.63) is 42.9 Å². The molecular weight excluding hydrogens is 214 g/mol. The standard InChI is InChI=1S/C12H11N5/c1-17-8-9(6-14-17)15-12-7-13-10-4-2-3-5-11(10)16-12/h2-8H,1H3,(H,15,16). The van der Waals surface area contributed by atoms with Gasteiger partial charge in [0.1, 0.15) is 5.82 Å².